The highest BCUT2D eigenvalue weighted by molar-refractivity contribution is 7.08. The van der Waals surface area contributed by atoms with Gasteiger partial charge in [-0.1, -0.05) is 12.1 Å². The van der Waals surface area contributed by atoms with Crippen molar-refractivity contribution in [3.63, 3.8) is 0 Å². The zero-order valence-corrected chi connectivity index (χ0v) is 19.7. The third-order valence-corrected chi connectivity index (χ3v) is 6.92. The van der Waals surface area contributed by atoms with Gasteiger partial charge in [-0.05, 0) is 54.4 Å². The van der Waals surface area contributed by atoms with Crippen molar-refractivity contribution in [1.29, 1.82) is 0 Å². The Morgan fingerprint density at radius 3 is 2.50 bits per heavy atom. The van der Waals surface area contributed by atoms with Gasteiger partial charge in [0.05, 0.1) is 22.5 Å². The van der Waals surface area contributed by atoms with E-state index in [0.29, 0.717) is 22.2 Å². The van der Waals surface area contributed by atoms with Crippen LogP contribution in [0, 0.1) is 0 Å². The van der Waals surface area contributed by atoms with Gasteiger partial charge >= 0.3 is 5.97 Å². The highest BCUT2D eigenvalue weighted by Crippen LogP contribution is 2.33. The Labute approximate surface area is 201 Å². The number of aromatic nitrogens is 1. The topological polar surface area (TPSA) is 92.2 Å². The van der Waals surface area contributed by atoms with Crippen molar-refractivity contribution >= 4 is 39.6 Å². The maximum atomic E-state index is 11.5. The lowest BCUT2D eigenvalue weighted by atomic mass is 10.0. The Balaban J connectivity index is 1.50. The lowest BCUT2D eigenvalue weighted by Gasteiger charge is -2.32. The number of benzene rings is 2. The molecule has 0 saturated carbocycles. The normalized spacial score (nSPS) is 15.7. The lowest BCUT2D eigenvalue weighted by Crippen LogP contribution is -2.43. The van der Waals surface area contributed by atoms with Crippen LogP contribution < -0.4 is 0 Å². The van der Waals surface area contributed by atoms with E-state index in [1.807, 2.05) is 29.0 Å². The SMILES string of the molecule is CN1CCN(Cc2ccc(N=C(c3ccsc3)c3c(O)[nH]c4ccc(C(=O)O)cc34)cc2)CC1. The summed E-state index contributed by atoms with van der Waals surface area (Å²) in [7, 11) is 2.16. The van der Waals surface area contributed by atoms with Crippen LogP contribution in [-0.2, 0) is 6.54 Å². The molecule has 2 aromatic carbocycles. The van der Waals surface area contributed by atoms with E-state index in [1.54, 1.807) is 23.5 Å². The van der Waals surface area contributed by atoms with Crippen molar-refractivity contribution in [1.82, 2.24) is 14.8 Å². The minimum Gasteiger partial charge on any atom is -0.494 e. The van der Waals surface area contributed by atoms with Crippen LogP contribution in [0.15, 0.2) is 64.3 Å². The Hall–Kier alpha value is -3.46. The first-order valence-corrected chi connectivity index (χ1v) is 12.1. The number of thiophene rings is 1. The van der Waals surface area contributed by atoms with Gasteiger partial charge < -0.3 is 20.1 Å². The quantitative estimate of drug-likeness (QED) is 0.357. The lowest BCUT2D eigenvalue weighted by molar-refractivity contribution is 0.0697. The third-order valence-electron chi connectivity index (χ3n) is 6.24. The fourth-order valence-corrected chi connectivity index (χ4v) is 4.92. The van der Waals surface area contributed by atoms with E-state index in [9.17, 15) is 15.0 Å². The molecule has 174 valence electrons. The summed E-state index contributed by atoms with van der Waals surface area (Å²) in [6.45, 7) is 5.22. The molecular formula is C26H26N4O3S. The van der Waals surface area contributed by atoms with Gasteiger partial charge in [-0.2, -0.15) is 11.3 Å². The van der Waals surface area contributed by atoms with Gasteiger partial charge in [-0.3, -0.25) is 4.90 Å². The number of likely N-dealkylation sites (N-methyl/N-ethyl adjacent to an activating group) is 1. The molecule has 0 unspecified atom stereocenters. The molecule has 1 saturated heterocycles. The molecule has 8 heteroatoms. The number of hydrogen-bond acceptors (Lipinski definition) is 6. The van der Waals surface area contributed by atoms with Crippen molar-refractivity contribution in [3.05, 3.63) is 81.5 Å². The monoisotopic (exact) mass is 474 g/mol. The Morgan fingerprint density at radius 1 is 1.06 bits per heavy atom. The van der Waals surface area contributed by atoms with Crippen LogP contribution in [-0.4, -0.2) is 69.9 Å². The van der Waals surface area contributed by atoms with Gasteiger partial charge in [0.15, 0.2) is 5.88 Å². The molecule has 0 aliphatic carbocycles. The molecule has 0 radical (unpaired) electrons. The van der Waals surface area contributed by atoms with Crippen molar-refractivity contribution in [2.75, 3.05) is 33.2 Å². The van der Waals surface area contributed by atoms with E-state index in [4.69, 9.17) is 4.99 Å². The summed E-state index contributed by atoms with van der Waals surface area (Å²) in [5.74, 6) is -1.05. The second-order valence-corrected chi connectivity index (χ2v) is 9.41. The van der Waals surface area contributed by atoms with Gasteiger partial charge in [0.2, 0.25) is 0 Å². The zero-order chi connectivity index (χ0) is 23.7. The van der Waals surface area contributed by atoms with Gasteiger partial charge in [0.25, 0.3) is 0 Å². The van der Waals surface area contributed by atoms with E-state index in [1.165, 1.54) is 11.6 Å². The number of nitrogens with zero attached hydrogens (tertiary/aromatic N) is 3. The number of aromatic amines is 1. The predicted molar refractivity (Wildman–Crippen MR) is 136 cm³/mol. The average Bonchev–Trinajstić information content (AvgIpc) is 3.47. The van der Waals surface area contributed by atoms with Crippen LogP contribution in [0.25, 0.3) is 10.9 Å². The first-order chi connectivity index (χ1) is 16.5. The molecule has 2 aromatic heterocycles. The number of piperazine rings is 1. The number of rotatable bonds is 6. The highest BCUT2D eigenvalue weighted by atomic mass is 32.1. The number of carboxylic acids is 1. The third kappa shape index (κ3) is 4.61. The van der Waals surface area contributed by atoms with Crippen molar-refractivity contribution in [2.24, 2.45) is 4.99 Å². The van der Waals surface area contributed by atoms with Crippen molar-refractivity contribution in [3.8, 4) is 5.88 Å². The minimum absolute atomic E-state index is 0.0332. The van der Waals surface area contributed by atoms with Crippen LogP contribution in [0.3, 0.4) is 0 Å². The van der Waals surface area contributed by atoms with Gasteiger partial charge in [0.1, 0.15) is 0 Å². The molecule has 7 nitrogen and oxygen atoms in total. The molecule has 1 fully saturated rings. The molecule has 0 bridgehead atoms. The second-order valence-electron chi connectivity index (χ2n) is 8.63. The van der Waals surface area contributed by atoms with E-state index in [-0.39, 0.29) is 11.4 Å². The summed E-state index contributed by atoms with van der Waals surface area (Å²) in [6, 6.07) is 14.9. The fraction of sp³-hybridized carbons (Fsp3) is 0.231. The molecule has 0 amide bonds. The minimum atomic E-state index is -1.02. The first kappa shape index (κ1) is 22.3. The molecule has 3 heterocycles. The van der Waals surface area contributed by atoms with Crippen molar-refractivity contribution in [2.45, 2.75) is 6.54 Å². The number of aromatic hydroxyl groups is 1. The van der Waals surface area contributed by atoms with Crippen LogP contribution in [0.4, 0.5) is 5.69 Å². The largest absolute Gasteiger partial charge is 0.494 e. The number of hydrogen-bond donors (Lipinski definition) is 3. The molecule has 34 heavy (non-hydrogen) atoms. The molecular weight excluding hydrogens is 448 g/mol. The molecule has 0 spiro atoms. The number of aromatic carboxylic acids is 1. The Morgan fingerprint density at radius 2 is 1.82 bits per heavy atom. The molecule has 1 aliphatic rings. The maximum absolute atomic E-state index is 11.5. The van der Waals surface area contributed by atoms with Gasteiger partial charge in [0, 0.05) is 54.6 Å². The summed E-state index contributed by atoms with van der Waals surface area (Å²) >= 11 is 1.54. The smallest absolute Gasteiger partial charge is 0.335 e. The predicted octanol–water partition coefficient (Wildman–Crippen LogP) is 4.55. The molecule has 4 aromatic rings. The van der Waals surface area contributed by atoms with Gasteiger partial charge in [-0.25, -0.2) is 9.79 Å². The number of fused-ring (bicyclic) bond motifs is 1. The maximum Gasteiger partial charge on any atom is 0.335 e. The summed E-state index contributed by atoms with van der Waals surface area (Å²) < 4.78 is 0. The number of H-pyrrole nitrogens is 1. The summed E-state index contributed by atoms with van der Waals surface area (Å²) in [6.07, 6.45) is 0. The summed E-state index contributed by atoms with van der Waals surface area (Å²) in [4.78, 5) is 24.2. The molecule has 0 atom stereocenters. The molecule has 3 N–H and O–H groups in total. The summed E-state index contributed by atoms with van der Waals surface area (Å²) in [5, 5.41) is 24.8. The molecule has 5 rings (SSSR count). The fourth-order valence-electron chi connectivity index (χ4n) is 4.28. The second kappa shape index (κ2) is 9.42. The van der Waals surface area contributed by atoms with E-state index >= 15 is 0 Å². The Bertz CT molecular complexity index is 1330. The van der Waals surface area contributed by atoms with Crippen LogP contribution >= 0.6 is 11.3 Å². The Kier molecular flexibility index (Phi) is 6.19. The van der Waals surface area contributed by atoms with Crippen LogP contribution in [0.2, 0.25) is 0 Å². The standard InChI is InChI=1S/C26H26N4O3S/c1-29-9-11-30(12-10-29)15-17-2-5-20(6-3-17)27-24(19-8-13-34-16-19)23-21-14-18(26(32)33)4-7-22(21)28-25(23)31/h2-8,13-14,16,28,31H,9-12,15H2,1H3,(H,32,33). The van der Waals surface area contributed by atoms with Crippen LogP contribution in [0.1, 0.15) is 27.0 Å². The average molecular weight is 475 g/mol. The van der Waals surface area contributed by atoms with Crippen molar-refractivity contribution < 1.29 is 15.0 Å². The highest BCUT2D eigenvalue weighted by Gasteiger charge is 2.20. The van der Waals surface area contributed by atoms with E-state index in [2.05, 4.69) is 34.0 Å². The number of carboxylic acid groups (broad SMARTS) is 1. The summed E-state index contributed by atoms with van der Waals surface area (Å²) in [5.41, 5.74) is 4.78. The van der Waals surface area contributed by atoms with Crippen LogP contribution in [0.5, 0.6) is 5.88 Å². The van der Waals surface area contributed by atoms with Gasteiger partial charge in [-0.15, -0.1) is 0 Å². The zero-order valence-electron chi connectivity index (χ0n) is 18.9. The number of nitrogens with one attached hydrogen (secondary N) is 1. The first-order valence-electron chi connectivity index (χ1n) is 11.2. The van der Waals surface area contributed by atoms with E-state index in [0.717, 1.165) is 44.0 Å². The number of carbonyl (C=O) groups is 1. The molecule has 1 aliphatic heterocycles. The van der Waals surface area contributed by atoms with E-state index < -0.39 is 5.97 Å². The number of aliphatic imine (C=N–C) groups is 1.